The van der Waals surface area contributed by atoms with Crippen LogP contribution in [0.4, 0.5) is 19.0 Å². The lowest BCUT2D eigenvalue weighted by molar-refractivity contribution is -0.142. The number of fused-ring (bicyclic) bond motifs is 1. The van der Waals surface area contributed by atoms with Crippen LogP contribution in [0.15, 0.2) is 12.3 Å². The highest BCUT2D eigenvalue weighted by Crippen LogP contribution is 2.36. The van der Waals surface area contributed by atoms with Gasteiger partial charge in [0.25, 0.3) is 0 Å². The first-order chi connectivity index (χ1) is 10.8. The van der Waals surface area contributed by atoms with E-state index in [9.17, 15) is 18.0 Å². The molecular formula is C14H14F3N5O. The quantitative estimate of drug-likeness (QED) is 0.938. The number of rotatable bonds is 3. The highest BCUT2D eigenvalue weighted by molar-refractivity contribution is 5.89. The van der Waals surface area contributed by atoms with Crippen LogP contribution in [0.5, 0.6) is 0 Å². The second-order valence-electron chi connectivity index (χ2n) is 5.32. The van der Waals surface area contributed by atoms with Gasteiger partial charge in [-0.15, -0.1) is 0 Å². The van der Waals surface area contributed by atoms with E-state index in [1.807, 2.05) is 0 Å². The normalized spacial score (nSPS) is 13.9. The van der Waals surface area contributed by atoms with E-state index in [0.717, 1.165) is 4.68 Å². The molecule has 1 aliphatic rings. The molecule has 2 aromatic rings. The molecule has 1 aliphatic carbocycles. The minimum Gasteiger partial charge on any atom is -0.309 e. The van der Waals surface area contributed by atoms with Gasteiger partial charge in [0.05, 0.1) is 0 Å². The lowest BCUT2D eigenvalue weighted by Crippen LogP contribution is -2.22. The van der Waals surface area contributed by atoms with Crippen molar-refractivity contribution in [1.29, 1.82) is 0 Å². The zero-order chi connectivity index (χ0) is 16.6. The number of nitrogens with one attached hydrogen (secondary N) is 1. The Morgan fingerprint density at radius 2 is 2.17 bits per heavy atom. The molecule has 0 aromatic carbocycles. The van der Waals surface area contributed by atoms with Crippen LogP contribution < -0.4 is 5.32 Å². The molecule has 1 amide bonds. The highest BCUT2D eigenvalue weighted by atomic mass is 19.4. The van der Waals surface area contributed by atoms with Crippen molar-refractivity contribution in [1.82, 2.24) is 19.7 Å². The number of aryl methyl sites for hydroxylation is 1. The van der Waals surface area contributed by atoms with Gasteiger partial charge in [0.2, 0.25) is 5.91 Å². The molecule has 0 spiro atoms. The lowest BCUT2D eigenvalue weighted by atomic mass is 10.2. The topological polar surface area (TPSA) is 72.7 Å². The van der Waals surface area contributed by atoms with Crippen molar-refractivity contribution in [2.24, 2.45) is 0 Å². The van der Waals surface area contributed by atoms with E-state index in [0.29, 0.717) is 36.6 Å². The zero-order valence-electron chi connectivity index (χ0n) is 12.3. The van der Waals surface area contributed by atoms with E-state index in [4.69, 9.17) is 0 Å². The van der Waals surface area contributed by atoms with Gasteiger partial charge < -0.3 is 5.32 Å². The van der Waals surface area contributed by atoms with Crippen LogP contribution in [0.25, 0.3) is 0 Å². The van der Waals surface area contributed by atoms with Gasteiger partial charge in [0.1, 0.15) is 18.2 Å². The Bertz CT molecular complexity index is 753. The Morgan fingerprint density at radius 1 is 1.39 bits per heavy atom. The molecule has 9 heteroatoms. The predicted molar refractivity (Wildman–Crippen MR) is 74.7 cm³/mol. The van der Waals surface area contributed by atoms with E-state index >= 15 is 0 Å². The summed E-state index contributed by atoms with van der Waals surface area (Å²) in [5.41, 5.74) is -0.176. The van der Waals surface area contributed by atoms with Crippen molar-refractivity contribution in [2.45, 2.75) is 38.9 Å². The van der Waals surface area contributed by atoms with Gasteiger partial charge in [0, 0.05) is 17.5 Å². The Morgan fingerprint density at radius 3 is 2.87 bits per heavy atom. The summed E-state index contributed by atoms with van der Waals surface area (Å²) >= 11 is 0. The van der Waals surface area contributed by atoms with E-state index in [2.05, 4.69) is 20.4 Å². The number of carbonyl (C=O) groups excluding carboxylic acids is 1. The number of carbonyl (C=O) groups is 1. The standard InChI is InChI=1S/C14H14F3N5O/c1-8-18-6-5-11(19-8)20-12(23)7-22-10-4-2-3-9(10)13(21-22)14(15,16)17/h5-6H,2-4,7H2,1H3,(H,18,19,20,23). The van der Waals surface area contributed by atoms with Gasteiger partial charge in [-0.25, -0.2) is 9.97 Å². The third-order valence-corrected chi connectivity index (χ3v) is 3.61. The fourth-order valence-electron chi connectivity index (χ4n) is 2.71. The maximum absolute atomic E-state index is 13.0. The number of amides is 1. The molecule has 0 unspecified atom stereocenters. The summed E-state index contributed by atoms with van der Waals surface area (Å²) in [7, 11) is 0. The minimum absolute atomic E-state index is 0.211. The van der Waals surface area contributed by atoms with Crippen LogP contribution in [-0.2, 0) is 30.4 Å². The van der Waals surface area contributed by atoms with E-state index < -0.39 is 17.8 Å². The summed E-state index contributed by atoms with van der Waals surface area (Å²) in [6.45, 7) is 1.40. The molecule has 6 nitrogen and oxygen atoms in total. The molecule has 2 aromatic heterocycles. The van der Waals surface area contributed by atoms with Gasteiger partial charge in [-0.05, 0) is 32.3 Å². The Kier molecular flexibility index (Phi) is 3.78. The molecule has 0 bridgehead atoms. The fourth-order valence-corrected chi connectivity index (χ4v) is 2.71. The summed E-state index contributed by atoms with van der Waals surface area (Å²) in [5.74, 6) is 0.318. The summed E-state index contributed by atoms with van der Waals surface area (Å²) < 4.78 is 40.1. The van der Waals surface area contributed by atoms with Crippen molar-refractivity contribution in [3.8, 4) is 0 Å². The molecule has 0 atom stereocenters. The molecule has 0 saturated heterocycles. The molecule has 0 aliphatic heterocycles. The van der Waals surface area contributed by atoms with Gasteiger partial charge in [-0.1, -0.05) is 0 Å². The van der Waals surface area contributed by atoms with E-state index in [1.54, 1.807) is 6.92 Å². The van der Waals surface area contributed by atoms with Crippen molar-refractivity contribution in [3.05, 3.63) is 35.0 Å². The molecule has 0 radical (unpaired) electrons. The average Bonchev–Trinajstić information content (AvgIpc) is 3.01. The van der Waals surface area contributed by atoms with Crippen LogP contribution in [0, 0.1) is 6.92 Å². The molecule has 1 N–H and O–H groups in total. The number of alkyl halides is 3. The summed E-state index contributed by atoms with van der Waals surface area (Å²) in [4.78, 5) is 20.0. The molecule has 3 rings (SSSR count). The first-order valence-electron chi connectivity index (χ1n) is 7.10. The molecule has 0 fully saturated rings. The Balaban J connectivity index is 1.79. The second-order valence-corrected chi connectivity index (χ2v) is 5.32. The number of halogens is 3. The summed E-state index contributed by atoms with van der Waals surface area (Å²) in [6, 6.07) is 1.51. The van der Waals surface area contributed by atoms with Gasteiger partial charge in [0.15, 0.2) is 5.69 Å². The monoisotopic (exact) mass is 325 g/mol. The van der Waals surface area contributed by atoms with Crippen LogP contribution in [0.3, 0.4) is 0 Å². The number of aromatic nitrogens is 4. The number of anilines is 1. The summed E-state index contributed by atoms with van der Waals surface area (Å²) in [5, 5.41) is 6.14. The first kappa shape index (κ1) is 15.4. The van der Waals surface area contributed by atoms with Crippen LogP contribution in [-0.4, -0.2) is 25.7 Å². The molecule has 0 saturated carbocycles. The van der Waals surface area contributed by atoms with E-state index in [-0.39, 0.29) is 12.1 Å². The third-order valence-electron chi connectivity index (χ3n) is 3.61. The van der Waals surface area contributed by atoms with Gasteiger partial charge in [-0.2, -0.15) is 18.3 Å². The second kappa shape index (κ2) is 5.64. The van der Waals surface area contributed by atoms with Crippen molar-refractivity contribution in [2.75, 3.05) is 5.32 Å². The number of hydrogen-bond acceptors (Lipinski definition) is 4. The van der Waals surface area contributed by atoms with Crippen molar-refractivity contribution < 1.29 is 18.0 Å². The minimum atomic E-state index is -4.50. The molecule has 122 valence electrons. The maximum Gasteiger partial charge on any atom is 0.435 e. The predicted octanol–water partition coefficient (Wildman–Crippen LogP) is 2.13. The van der Waals surface area contributed by atoms with E-state index in [1.165, 1.54) is 12.3 Å². The summed E-state index contributed by atoms with van der Waals surface area (Å²) in [6.07, 6.45) is -1.52. The van der Waals surface area contributed by atoms with Crippen molar-refractivity contribution >= 4 is 11.7 Å². The molecular weight excluding hydrogens is 311 g/mol. The average molecular weight is 325 g/mol. The first-order valence-corrected chi connectivity index (χ1v) is 7.10. The highest BCUT2D eigenvalue weighted by Gasteiger charge is 2.40. The smallest absolute Gasteiger partial charge is 0.309 e. The zero-order valence-corrected chi connectivity index (χ0v) is 12.3. The Hall–Kier alpha value is -2.45. The Labute approximate surface area is 129 Å². The lowest BCUT2D eigenvalue weighted by Gasteiger charge is -2.07. The van der Waals surface area contributed by atoms with Gasteiger partial charge >= 0.3 is 6.18 Å². The van der Waals surface area contributed by atoms with Gasteiger partial charge in [-0.3, -0.25) is 9.48 Å². The van der Waals surface area contributed by atoms with Crippen molar-refractivity contribution in [3.63, 3.8) is 0 Å². The number of hydrogen-bond donors (Lipinski definition) is 1. The largest absolute Gasteiger partial charge is 0.435 e. The SMILES string of the molecule is Cc1nccc(NC(=O)Cn2nc(C(F)(F)F)c3c2CCC3)n1. The molecule has 2 heterocycles. The third kappa shape index (κ3) is 3.17. The fraction of sp³-hybridized carbons (Fsp3) is 0.429. The van der Waals surface area contributed by atoms with Crippen LogP contribution in [0.2, 0.25) is 0 Å². The molecule has 23 heavy (non-hydrogen) atoms. The maximum atomic E-state index is 13.0. The van der Waals surface area contributed by atoms with Crippen LogP contribution >= 0.6 is 0 Å². The number of nitrogens with zero attached hydrogens (tertiary/aromatic N) is 4. The van der Waals surface area contributed by atoms with Crippen LogP contribution in [0.1, 0.15) is 29.2 Å².